The van der Waals surface area contributed by atoms with E-state index in [2.05, 4.69) is 28.8 Å². The Labute approximate surface area is 189 Å². The average molecular weight is 432 g/mol. The molecule has 0 radical (unpaired) electrons. The van der Waals surface area contributed by atoms with Gasteiger partial charge in [-0.15, -0.1) is 0 Å². The highest BCUT2D eigenvalue weighted by molar-refractivity contribution is 5.78. The van der Waals surface area contributed by atoms with Crippen LogP contribution in [0.25, 0.3) is 0 Å². The summed E-state index contributed by atoms with van der Waals surface area (Å²) in [6.07, 6.45) is 7.15. The predicted molar refractivity (Wildman–Crippen MR) is 125 cm³/mol. The molecule has 0 bridgehead atoms. The third-order valence-corrected chi connectivity index (χ3v) is 7.42. The van der Waals surface area contributed by atoms with E-state index in [0.717, 1.165) is 50.0 Å². The van der Waals surface area contributed by atoms with E-state index in [4.69, 9.17) is 0 Å². The van der Waals surface area contributed by atoms with Crippen LogP contribution in [0.1, 0.15) is 38.2 Å². The number of rotatable bonds is 5. The van der Waals surface area contributed by atoms with E-state index >= 15 is 0 Å². The number of nitrogens with one attached hydrogen (secondary N) is 2. The number of hydrazine groups is 1. The van der Waals surface area contributed by atoms with Gasteiger partial charge in [0.05, 0.1) is 17.8 Å². The second-order valence-electron chi connectivity index (χ2n) is 9.45. The lowest BCUT2D eigenvalue weighted by atomic mass is 9.59. The Morgan fingerprint density at radius 1 is 1.19 bits per heavy atom. The zero-order chi connectivity index (χ0) is 22.1. The molecule has 2 aromatic carbocycles. The molecule has 1 unspecified atom stereocenters. The molecule has 2 aromatic rings. The SMILES string of the molecule is C[C@]12CC3=C(C=C1CCCC2CNC(=O)Cc1ccccc1)N(c1ccc(F)cc1)NC3. The molecule has 1 saturated carbocycles. The summed E-state index contributed by atoms with van der Waals surface area (Å²) in [7, 11) is 0. The highest BCUT2D eigenvalue weighted by Gasteiger charge is 2.44. The second kappa shape index (κ2) is 8.55. The minimum Gasteiger partial charge on any atom is -0.356 e. The lowest BCUT2D eigenvalue weighted by Gasteiger charge is -2.46. The quantitative estimate of drug-likeness (QED) is 0.708. The smallest absolute Gasteiger partial charge is 0.224 e. The van der Waals surface area contributed by atoms with Crippen molar-refractivity contribution in [3.8, 4) is 0 Å². The molecule has 3 aliphatic rings. The lowest BCUT2D eigenvalue weighted by molar-refractivity contribution is -0.120. The Balaban J connectivity index is 1.29. The van der Waals surface area contributed by atoms with Crippen molar-refractivity contribution < 1.29 is 9.18 Å². The van der Waals surface area contributed by atoms with Gasteiger partial charge in [-0.1, -0.05) is 42.8 Å². The zero-order valence-electron chi connectivity index (χ0n) is 18.5. The molecule has 166 valence electrons. The van der Waals surface area contributed by atoms with E-state index in [0.29, 0.717) is 12.3 Å². The molecule has 4 nitrogen and oxygen atoms in total. The van der Waals surface area contributed by atoms with Crippen LogP contribution in [-0.4, -0.2) is 19.0 Å². The molecule has 2 N–H and O–H groups in total. The number of benzene rings is 2. The van der Waals surface area contributed by atoms with Crippen LogP contribution >= 0.6 is 0 Å². The predicted octanol–water partition coefficient (Wildman–Crippen LogP) is 4.90. The topological polar surface area (TPSA) is 44.4 Å². The van der Waals surface area contributed by atoms with Gasteiger partial charge in [0, 0.05) is 13.1 Å². The molecule has 2 aliphatic carbocycles. The summed E-state index contributed by atoms with van der Waals surface area (Å²) >= 11 is 0. The molecule has 5 heteroatoms. The second-order valence-corrected chi connectivity index (χ2v) is 9.45. The van der Waals surface area contributed by atoms with E-state index in [-0.39, 0.29) is 17.1 Å². The summed E-state index contributed by atoms with van der Waals surface area (Å²) in [6, 6.07) is 16.6. The van der Waals surface area contributed by atoms with Gasteiger partial charge in [0.15, 0.2) is 0 Å². The summed E-state index contributed by atoms with van der Waals surface area (Å²) in [5.41, 5.74) is 9.62. The molecule has 5 rings (SSSR count). The number of nitrogens with zero attached hydrogens (tertiary/aromatic N) is 1. The third-order valence-electron chi connectivity index (χ3n) is 7.42. The minimum absolute atomic E-state index is 0.0671. The number of carbonyl (C=O) groups is 1. The van der Waals surface area contributed by atoms with E-state index < -0.39 is 0 Å². The van der Waals surface area contributed by atoms with Gasteiger partial charge in [0.1, 0.15) is 5.82 Å². The summed E-state index contributed by atoms with van der Waals surface area (Å²) < 4.78 is 13.4. The number of amides is 1. The number of carbonyl (C=O) groups excluding carboxylic acids is 1. The Bertz CT molecular complexity index is 1060. The Morgan fingerprint density at radius 2 is 1.97 bits per heavy atom. The van der Waals surface area contributed by atoms with Gasteiger partial charge in [0.25, 0.3) is 0 Å². The first-order valence-electron chi connectivity index (χ1n) is 11.6. The number of allylic oxidation sites excluding steroid dienone is 2. The van der Waals surface area contributed by atoms with Crippen molar-refractivity contribution in [2.75, 3.05) is 18.1 Å². The molecule has 1 fully saturated rings. The van der Waals surface area contributed by atoms with Gasteiger partial charge >= 0.3 is 0 Å². The first kappa shape index (κ1) is 21.0. The van der Waals surface area contributed by atoms with Crippen molar-refractivity contribution in [3.05, 3.63) is 88.9 Å². The van der Waals surface area contributed by atoms with Gasteiger partial charge in [-0.25, -0.2) is 9.82 Å². The largest absolute Gasteiger partial charge is 0.356 e. The molecule has 1 heterocycles. The van der Waals surface area contributed by atoms with Crippen LogP contribution in [0.15, 0.2) is 77.5 Å². The van der Waals surface area contributed by atoms with Gasteiger partial charge in [0.2, 0.25) is 5.91 Å². The molecule has 0 spiro atoms. The maximum absolute atomic E-state index is 13.4. The highest BCUT2D eigenvalue weighted by Crippen LogP contribution is 2.53. The van der Waals surface area contributed by atoms with E-state index in [1.807, 2.05) is 42.5 Å². The van der Waals surface area contributed by atoms with Crippen molar-refractivity contribution in [3.63, 3.8) is 0 Å². The first-order valence-corrected chi connectivity index (χ1v) is 11.6. The number of hydrogen-bond acceptors (Lipinski definition) is 3. The van der Waals surface area contributed by atoms with Crippen molar-refractivity contribution in [1.29, 1.82) is 0 Å². The van der Waals surface area contributed by atoms with Crippen molar-refractivity contribution in [2.45, 2.75) is 39.0 Å². The van der Waals surface area contributed by atoms with E-state index in [1.54, 1.807) is 0 Å². The van der Waals surface area contributed by atoms with Crippen molar-refractivity contribution >= 4 is 11.6 Å². The van der Waals surface area contributed by atoms with Crippen molar-refractivity contribution in [2.24, 2.45) is 11.3 Å². The fraction of sp³-hybridized carbons (Fsp3) is 0.370. The Kier molecular flexibility index (Phi) is 5.60. The molecular weight excluding hydrogens is 401 g/mol. The van der Waals surface area contributed by atoms with Crippen LogP contribution in [0.3, 0.4) is 0 Å². The number of anilines is 1. The van der Waals surface area contributed by atoms with Crippen LogP contribution in [0.2, 0.25) is 0 Å². The van der Waals surface area contributed by atoms with Crippen molar-refractivity contribution in [1.82, 2.24) is 10.7 Å². The number of hydrogen-bond donors (Lipinski definition) is 2. The monoisotopic (exact) mass is 431 g/mol. The van der Waals surface area contributed by atoms with Crippen LogP contribution in [0.4, 0.5) is 10.1 Å². The first-order chi connectivity index (χ1) is 15.5. The van der Waals surface area contributed by atoms with Crippen LogP contribution < -0.4 is 15.8 Å². The third kappa shape index (κ3) is 3.97. The number of halogens is 1. The lowest BCUT2D eigenvalue weighted by Crippen LogP contribution is -2.43. The molecule has 0 saturated heterocycles. The normalized spacial score (nSPS) is 24.6. The minimum atomic E-state index is -0.221. The highest BCUT2D eigenvalue weighted by atomic mass is 19.1. The Hall–Kier alpha value is -2.92. The van der Waals surface area contributed by atoms with E-state index in [1.165, 1.54) is 29.0 Å². The molecule has 1 aliphatic heterocycles. The fourth-order valence-corrected chi connectivity index (χ4v) is 5.57. The summed E-state index contributed by atoms with van der Waals surface area (Å²) in [4.78, 5) is 12.5. The van der Waals surface area contributed by atoms with E-state index in [9.17, 15) is 9.18 Å². The molecule has 32 heavy (non-hydrogen) atoms. The van der Waals surface area contributed by atoms with Gasteiger partial charge in [-0.3, -0.25) is 9.80 Å². The summed E-state index contributed by atoms with van der Waals surface area (Å²) in [5, 5.41) is 5.30. The van der Waals surface area contributed by atoms with Gasteiger partial charge in [-0.05, 0) is 78.5 Å². The standard InChI is InChI=1S/C27H30FN3O/c1-27-16-20-17-30-31(24-12-10-23(28)11-13-24)25(20)15-21(27)8-5-9-22(27)18-29-26(32)14-19-6-3-2-4-7-19/h2-4,6-7,10-13,15,22,30H,5,8-9,14,16-18H2,1H3,(H,29,32)/t22?,27-/m0/s1. The number of fused-ring (bicyclic) bond motifs is 1. The zero-order valence-corrected chi connectivity index (χ0v) is 18.5. The molecule has 0 aromatic heterocycles. The molecular formula is C27H30FN3O. The fourth-order valence-electron chi connectivity index (χ4n) is 5.57. The average Bonchev–Trinajstić information content (AvgIpc) is 3.19. The summed E-state index contributed by atoms with van der Waals surface area (Å²) in [6.45, 7) is 3.90. The summed E-state index contributed by atoms with van der Waals surface area (Å²) in [5.74, 6) is 0.300. The van der Waals surface area contributed by atoms with Crippen LogP contribution in [0.5, 0.6) is 0 Å². The van der Waals surface area contributed by atoms with Crippen LogP contribution in [0, 0.1) is 17.2 Å². The molecule has 2 atom stereocenters. The maximum atomic E-state index is 13.4. The maximum Gasteiger partial charge on any atom is 0.224 e. The van der Waals surface area contributed by atoms with Crippen LogP contribution in [-0.2, 0) is 11.2 Å². The van der Waals surface area contributed by atoms with Gasteiger partial charge in [-0.2, -0.15) is 0 Å². The van der Waals surface area contributed by atoms with Gasteiger partial charge < -0.3 is 5.32 Å². The molecule has 1 amide bonds. The Morgan fingerprint density at radius 3 is 2.75 bits per heavy atom.